The number of carbonyl (C=O) groups is 1. The Bertz CT molecular complexity index is 294. The van der Waals surface area contributed by atoms with Gasteiger partial charge in [0.1, 0.15) is 0 Å². The molecule has 1 fully saturated rings. The van der Waals surface area contributed by atoms with Gasteiger partial charge in [0.05, 0.1) is 12.6 Å². The first-order valence-corrected chi connectivity index (χ1v) is 8.08. The largest absolute Gasteiger partial charge is 0.392 e. The van der Waals surface area contributed by atoms with Gasteiger partial charge in [-0.05, 0) is 38.1 Å². The van der Waals surface area contributed by atoms with Crippen LogP contribution in [0.4, 0.5) is 0 Å². The Balaban J connectivity index is 2.19. The molecule has 0 aliphatic carbocycles. The molecule has 1 rings (SSSR count). The summed E-state index contributed by atoms with van der Waals surface area (Å²) in [6.45, 7) is 10.5. The van der Waals surface area contributed by atoms with Crippen molar-refractivity contribution < 1.29 is 9.90 Å². The molecule has 1 aliphatic rings. The molecule has 118 valence electrons. The quantitative estimate of drug-likeness (QED) is 0.752. The van der Waals surface area contributed by atoms with Crippen molar-refractivity contribution in [2.24, 2.45) is 11.8 Å². The lowest BCUT2D eigenvalue weighted by molar-refractivity contribution is -0.123. The van der Waals surface area contributed by atoms with Crippen LogP contribution < -0.4 is 5.32 Å². The maximum absolute atomic E-state index is 12.0. The smallest absolute Gasteiger partial charge is 0.234 e. The normalized spacial score (nSPS) is 25.7. The van der Waals surface area contributed by atoms with Crippen molar-refractivity contribution in [3.8, 4) is 0 Å². The third-order valence-corrected chi connectivity index (χ3v) is 4.20. The molecule has 4 heteroatoms. The van der Waals surface area contributed by atoms with Crippen LogP contribution in [-0.4, -0.2) is 47.7 Å². The van der Waals surface area contributed by atoms with E-state index in [-0.39, 0.29) is 18.1 Å². The molecule has 0 aromatic carbocycles. The first-order valence-electron chi connectivity index (χ1n) is 8.08. The van der Waals surface area contributed by atoms with E-state index in [1.165, 1.54) is 12.8 Å². The maximum Gasteiger partial charge on any atom is 0.234 e. The standard InChI is InChI=1S/C16H32N2O2/c1-12(2)6-5-7-14(4)17-16(20)11-18-9-8-13(3)15(19)10-18/h12-15,19H,5-11H2,1-4H3,(H,17,20). The molecule has 20 heavy (non-hydrogen) atoms. The van der Waals surface area contributed by atoms with Gasteiger partial charge in [0, 0.05) is 12.6 Å². The first-order chi connectivity index (χ1) is 9.38. The zero-order valence-corrected chi connectivity index (χ0v) is 13.6. The number of aliphatic hydroxyl groups is 1. The van der Waals surface area contributed by atoms with Gasteiger partial charge in [-0.3, -0.25) is 9.69 Å². The Labute approximate surface area is 123 Å². The van der Waals surface area contributed by atoms with E-state index in [9.17, 15) is 9.90 Å². The number of likely N-dealkylation sites (tertiary alicyclic amines) is 1. The first kappa shape index (κ1) is 17.4. The van der Waals surface area contributed by atoms with Crippen molar-refractivity contribution in [2.75, 3.05) is 19.6 Å². The van der Waals surface area contributed by atoms with Gasteiger partial charge in [0.2, 0.25) is 5.91 Å². The van der Waals surface area contributed by atoms with Crippen molar-refractivity contribution in [1.82, 2.24) is 10.2 Å². The summed E-state index contributed by atoms with van der Waals surface area (Å²) in [5.74, 6) is 1.17. The van der Waals surface area contributed by atoms with Crippen LogP contribution in [0.3, 0.4) is 0 Å². The topological polar surface area (TPSA) is 52.6 Å². The van der Waals surface area contributed by atoms with E-state index < -0.39 is 0 Å². The lowest BCUT2D eigenvalue weighted by atomic mass is 9.96. The summed E-state index contributed by atoms with van der Waals surface area (Å²) in [4.78, 5) is 14.0. The third-order valence-electron chi connectivity index (χ3n) is 4.20. The number of aliphatic hydroxyl groups excluding tert-OH is 1. The van der Waals surface area contributed by atoms with Gasteiger partial charge in [0.25, 0.3) is 0 Å². The molecule has 1 heterocycles. The highest BCUT2D eigenvalue weighted by molar-refractivity contribution is 5.78. The van der Waals surface area contributed by atoms with Crippen molar-refractivity contribution >= 4 is 5.91 Å². The highest BCUT2D eigenvalue weighted by Gasteiger charge is 2.25. The van der Waals surface area contributed by atoms with E-state index in [2.05, 4.69) is 37.9 Å². The summed E-state index contributed by atoms with van der Waals surface area (Å²) in [6.07, 6.45) is 4.11. The second kappa shape index (κ2) is 8.63. The minimum atomic E-state index is -0.292. The third kappa shape index (κ3) is 6.71. The fourth-order valence-electron chi connectivity index (χ4n) is 2.69. The van der Waals surface area contributed by atoms with Gasteiger partial charge < -0.3 is 10.4 Å². The summed E-state index contributed by atoms with van der Waals surface area (Å²) in [7, 11) is 0. The SMILES string of the molecule is CC(C)CCCC(C)NC(=O)CN1CCC(C)C(O)C1. The summed E-state index contributed by atoms with van der Waals surface area (Å²) >= 11 is 0. The van der Waals surface area contributed by atoms with Gasteiger partial charge in [-0.25, -0.2) is 0 Å². The molecule has 1 saturated heterocycles. The van der Waals surface area contributed by atoms with Gasteiger partial charge in [0.15, 0.2) is 0 Å². The van der Waals surface area contributed by atoms with Crippen molar-refractivity contribution in [1.29, 1.82) is 0 Å². The number of piperidine rings is 1. The summed E-state index contributed by atoms with van der Waals surface area (Å²) in [5, 5.41) is 12.9. The molecule has 0 spiro atoms. The molecule has 1 aliphatic heterocycles. The Morgan fingerprint density at radius 2 is 2.05 bits per heavy atom. The number of hydrogen-bond donors (Lipinski definition) is 2. The Kier molecular flexibility index (Phi) is 7.52. The lowest BCUT2D eigenvalue weighted by Gasteiger charge is -2.33. The van der Waals surface area contributed by atoms with Crippen LogP contribution in [0.2, 0.25) is 0 Å². The molecule has 0 saturated carbocycles. The number of nitrogens with zero attached hydrogens (tertiary/aromatic N) is 1. The van der Waals surface area contributed by atoms with E-state index >= 15 is 0 Å². The zero-order chi connectivity index (χ0) is 15.1. The van der Waals surface area contributed by atoms with Crippen LogP contribution in [0.15, 0.2) is 0 Å². The van der Waals surface area contributed by atoms with Gasteiger partial charge in [-0.2, -0.15) is 0 Å². The van der Waals surface area contributed by atoms with Crippen LogP contribution in [0.5, 0.6) is 0 Å². The van der Waals surface area contributed by atoms with Crippen LogP contribution >= 0.6 is 0 Å². The van der Waals surface area contributed by atoms with Crippen molar-refractivity contribution in [3.05, 3.63) is 0 Å². The monoisotopic (exact) mass is 284 g/mol. The Morgan fingerprint density at radius 3 is 2.65 bits per heavy atom. The molecule has 0 bridgehead atoms. The number of β-amino-alcohol motifs (C(OH)–C–C–N with tert-alkyl or cyclic N) is 1. The minimum Gasteiger partial charge on any atom is -0.392 e. The molecular weight excluding hydrogens is 252 g/mol. The molecule has 0 radical (unpaired) electrons. The molecule has 3 atom stereocenters. The molecular formula is C16H32N2O2. The Morgan fingerprint density at radius 1 is 1.35 bits per heavy atom. The molecule has 3 unspecified atom stereocenters. The molecule has 0 aromatic rings. The van der Waals surface area contributed by atoms with E-state index in [0.717, 1.165) is 25.3 Å². The Hall–Kier alpha value is -0.610. The van der Waals surface area contributed by atoms with Crippen LogP contribution in [0, 0.1) is 11.8 Å². The van der Waals surface area contributed by atoms with Gasteiger partial charge >= 0.3 is 0 Å². The zero-order valence-electron chi connectivity index (χ0n) is 13.6. The second-order valence-corrected chi connectivity index (χ2v) is 6.86. The fourth-order valence-corrected chi connectivity index (χ4v) is 2.69. The predicted molar refractivity (Wildman–Crippen MR) is 82.5 cm³/mol. The van der Waals surface area contributed by atoms with Crippen LogP contribution in [0.25, 0.3) is 0 Å². The van der Waals surface area contributed by atoms with E-state index in [1.807, 2.05) is 0 Å². The number of rotatable bonds is 7. The van der Waals surface area contributed by atoms with Crippen LogP contribution in [-0.2, 0) is 4.79 Å². The fraction of sp³-hybridized carbons (Fsp3) is 0.938. The summed E-state index contributed by atoms with van der Waals surface area (Å²) < 4.78 is 0. The highest BCUT2D eigenvalue weighted by atomic mass is 16.3. The minimum absolute atomic E-state index is 0.0869. The van der Waals surface area contributed by atoms with E-state index in [4.69, 9.17) is 0 Å². The number of amides is 1. The van der Waals surface area contributed by atoms with Crippen molar-refractivity contribution in [3.63, 3.8) is 0 Å². The number of hydrogen-bond acceptors (Lipinski definition) is 3. The van der Waals surface area contributed by atoms with Crippen molar-refractivity contribution in [2.45, 2.75) is 65.5 Å². The lowest BCUT2D eigenvalue weighted by Crippen LogP contribution is -2.48. The van der Waals surface area contributed by atoms with E-state index in [1.54, 1.807) is 0 Å². The highest BCUT2D eigenvalue weighted by Crippen LogP contribution is 2.16. The van der Waals surface area contributed by atoms with Crippen LogP contribution in [0.1, 0.15) is 53.4 Å². The summed E-state index contributed by atoms with van der Waals surface area (Å²) in [5.41, 5.74) is 0. The number of carbonyl (C=O) groups excluding carboxylic acids is 1. The predicted octanol–water partition coefficient (Wildman–Crippen LogP) is 2.02. The second-order valence-electron chi connectivity index (χ2n) is 6.86. The molecule has 0 aromatic heterocycles. The molecule has 4 nitrogen and oxygen atoms in total. The molecule has 2 N–H and O–H groups in total. The van der Waals surface area contributed by atoms with E-state index in [0.29, 0.717) is 19.0 Å². The maximum atomic E-state index is 12.0. The number of nitrogens with one attached hydrogen (secondary N) is 1. The summed E-state index contributed by atoms with van der Waals surface area (Å²) in [6, 6.07) is 0.245. The van der Waals surface area contributed by atoms with Gasteiger partial charge in [-0.1, -0.05) is 33.6 Å². The van der Waals surface area contributed by atoms with Gasteiger partial charge in [-0.15, -0.1) is 0 Å². The average molecular weight is 284 g/mol. The average Bonchev–Trinajstić information content (AvgIpc) is 2.33. The molecule has 1 amide bonds.